The van der Waals surface area contributed by atoms with Crippen molar-refractivity contribution in [2.45, 2.75) is 31.7 Å². The van der Waals surface area contributed by atoms with E-state index in [1.165, 1.54) is 26.0 Å². The number of hydrogen-bond acceptors (Lipinski definition) is 5. The summed E-state index contributed by atoms with van der Waals surface area (Å²) >= 11 is 0. The lowest BCUT2D eigenvalue weighted by Crippen LogP contribution is -2.38. The molecule has 0 unspecified atom stereocenters. The highest BCUT2D eigenvalue weighted by molar-refractivity contribution is 7.89. The van der Waals surface area contributed by atoms with Crippen LogP contribution in [0, 0.1) is 24.0 Å². The van der Waals surface area contributed by atoms with Crippen LogP contribution in [-0.2, 0) is 10.0 Å². The van der Waals surface area contributed by atoms with Gasteiger partial charge in [-0.1, -0.05) is 0 Å². The van der Waals surface area contributed by atoms with Gasteiger partial charge in [0.25, 0.3) is 5.69 Å². The summed E-state index contributed by atoms with van der Waals surface area (Å²) < 4.78 is 26.8. The van der Waals surface area contributed by atoms with Crippen LogP contribution in [0.15, 0.2) is 17.0 Å². The number of benzene rings is 1. The smallest absolute Gasteiger partial charge is 0.270 e. The standard InChI is InChI=1S/C11H17N3O4S.ClH/c1-7-4-10(14(15)16)5-8(2)11(7)19(17,18)13-9(3)6-12;/h4-5,9,13H,6,12H2,1-3H3;1H/t9-;/m0./s1. The number of halogens is 1. The molecule has 0 saturated heterocycles. The minimum Gasteiger partial charge on any atom is -0.329 e. The molecular weight excluding hydrogens is 306 g/mol. The van der Waals surface area contributed by atoms with Gasteiger partial charge in [-0.05, 0) is 31.9 Å². The van der Waals surface area contributed by atoms with Gasteiger partial charge in [0.05, 0.1) is 9.82 Å². The first kappa shape index (κ1) is 18.8. The number of rotatable bonds is 5. The second-order valence-corrected chi connectivity index (χ2v) is 6.07. The van der Waals surface area contributed by atoms with E-state index >= 15 is 0 Å². The molecule has 9 heteroatoms. The Morgan fingerprint density at radius 2 is 1.80 bits per heavy atom. The lowest BCUT2D eigenvalue weighted by Gasteiger charge is -2.15. The molecular formula is C11H18ClN3O4S. The topological polar surface area (TPSA) is 115 Å². The average Bonchev–Trinajstić information content (AvgIpc) is 2.26. The molecule has 0 aliphatic rings. The van der Waals surface area contributed by atoms with Crippen molar-refractivity contribution in [1.29, 1.82) is 0 Å². The van der Waals surface area contributed by atoms with Crippen molar-refractivity contribution in [2.24, 2.45) is 5.73 Å². The molecule has 0 aliphatic carbocycles. The van der Waals surface area contributed by atoms with Gasteiger partial charge in [-0.3, -0.25) is 10.1 Å². The van der Waals surface area contributed by atoms with Crippen LogP contribution in [0.5, 0.6) is 0 Å². The molecule has 1 aromatic rings. The molecule has 0 radical (unpaired) electrons. The Labute approximate surface area is 124 Å². The van der Waals surface area contributed by atoms with Crippen LogP contribution >= 0.6 is 12.4 Å². The van der Waals surface area contributed by atoms with Crippen molar-refractivity contribution in [3.8, 4) is 0 Å². The van der Waals surface area contributed by atoms with Crippen LogP contribution in [0.4, 0.5) is 5.69 Å². The summed E-state index contributed by atoms with van der Waals surface area (Å²) in [6, 6.07) is 2.09. The van der Waals surface area contributed by atoms with E-state index in [1.54, 1.807) is 6.92 Å². The zero-order chi connectivity index (χ0) is 14.8. The highest BCUT2D eigenvalue weighted by Crippen LogP contribution is 2.25. The van der Waals surface area contributed by atoms with Crippen LogP contribution in [0.25, 0.3) is 0 Å². The molecule has 0 amide bonds. The molecule has 0 aromatic heterocycles. The first-order valence-electron chi connectivity index (χ1n) is 5.67. The molecule has 7 nitrogen and oxygen atoms in total. The number of aryl methyl sites for hydroxylation is 2. The Balaban J connectivity index is 0.00000361. The van der Waals surface area contributed by atoms with Crippen LogP contribution in [0.3, 0.4) is 0 Å². The monoisotopic (exact) mass is 323 g/mol. The van der Waals surface area contributed by atoms with E-state index in [9.17, 15) is 18.5 Å². The lowest BCUT2D eigenvalue weighted by molar-refractivity contribution is -0.385. The molecule has 1 aromatic carbocycles. The normalized spacial score (nSPS) is 12.6. The fraction of sp³-hybridized carbons (Fsp3) is 0.455. The molecule has 1 rings (SSSR count). The van der Waals surface area contributed by atoms with Crippen molar-refractivity contribution >= 4 is 28.1 Å². The largest absolute Gasteiger partial charge is 0.329 e. The predicted molar refractivity (Wildman–Crippen MR) is 78.7 cm³/mol. The maximum Gasteiger partial charge on any atom is 0.270 e. The van der Waals surface area contributed by atoms with Gasteiger partial charge in [0.15, 0.2) is 0 Å². The van der Waals surface area contributed by atoms with Gasteiger partial charge >= 0.3 is 0 Å². The number of nitrogens with two attached hydrogens (primary N) is 1. The minimum absolute atomic E-state index is 0. The SMILES string of the molecule is Cc1cc([N+](=O)[O-])cc(C)c1S(=O)(=O)N[C@@H](C)CN.Cl. The van der Waals surface area contributed by atoms with Crippen LogP contribution in [-0.4, -0.2) is 25.9 Å². The molecule has 3 N–H and O–H groups in total. The van der Waals surface area contributed by atoms with E-state index in [-0.39, 0.29) is 29.5 Å². The van der Waals surface area contributed by atoms with Gasteiger partial charge in [-0.25, -0.2) is 13.1 Å². The number of sulfonamides is 1. The highest BCUT2D eigenvalue weighted by atomic mass is 35.5. The van der Waals surface area contributed by atoms with E-state index in [4.69, 9.17) is 5.73 Å². The van der Waals surface area contributed by atoms with Crippen LogP contribution < -0.4 is 10.5 Å². The number of nitro groups is 1. The third-order valence-electron chi connectivity index (χ3n) is 2.63. The highest BCUT2D eigenvalue weighted by Gasteiger charge is 2.23. The molecule has 0 heterocycles. The summed E-state index contributed by atoms with van der Waals surface area (Å²) in [4.78, 5) is 10.2. The molecule has 114 valence electrons. The van der Waals surface area contributed by atoms with Crippen molar-refractivity contribution < 1.29 is 13.3 Å². The summed E-state index contributed by atoms with van der Waals surface area (Å²) in [5.74, 6) is 0. The third kappa shape index (κ3) is 4.14. The van der Waals surface area contributed by atoms with Gasteiger partial charge in [0.1, 0.15) is 0 Å². The Bertz CT molecular complexity index is 581. The quantitative estimate of drug-likeness (QED) is 0.625. The minimum atomic E-state index is -3.73. The third-order valence-corrected chi connectivity index (χ3v) is 4.53. The molecule has 0 bridgehead atoms. The van der Waals surface area contributed by atoms with Crippen molar-refractivity contribution in [1.82, 2.24) is 4.72 Å². The summed E-state index contributed by atoms with van der Waals surface area (Å²) in [5.41, 5.74) is 5.93. The molecule has 1 atom stereocenters. The Morgan fingerprint density at radius 3 is 2.15 bits per heavy atom. The predicted octanol–water partition coefficient (Wildman–Crippen LogP) is 1.26. The lowest BCUT2D eigenvalue weighted by atomic mass is 10.1. The van der Waals surface area contributed by atoms with Crippen LogP contribution in [0.2, 0.25) is 0 Å². The number of nitrogens with zero attached hydrogens (tertiary/aromatic N) is 1. The van der Waals surface area contributed by atoms with Gasteiger partial charge in [-0.2, -0.15) is 0 Å². The zero-order valence-corrected chi connectivity index (χ0v) is 13.0. The van der Waals surface area contributed by atoms with Gasteiger partial charge in [-0.15, -0.1) is 12.4 Å². The first-order chi connectivity index (χ1) is 8.69. The zero-order valence-electron chi connectivity index (χ0n) is 11.4. The summed E-state index contributed by atoms with van der Waals surface area (Å²) in [6.45, 7) is 4.88. The van der Waals surface area contributed by atoms with Gasteiger partial charge in [0, 0.05) is 24.7 Å². The second-order valence-electron chi connectivity index (χ2n) is 4.42. The molecule has 0 fully saturated rings. The molecule has 0 saturated carbocycles. The second kappa shape index (κ2) is 6.98. The Hall–Kier alpha value is -1.22. The van der Waals surface area contributed by atoms with E-state index in [0.717, 1.165) is 0 Å². The molecule has 0 spiro atoms. The summed E-state index contributed by atoms with van der Waals surface area (Å²) in [6.07, 6.45) is 0. The maximum atomic E-state index is 12.2. The number of nitro benzene ring substituents is 1. The average molecular weight is 324 g/mol. The van der Waals surface area contributed by atoms with Crippen molar-refractivity contribution in [3.05, 3.63) is 33.4 Å². The fourth-order valence-corrected chi connectivity index (χ4v) is 3.54. The van der Waals surface area contributed by atoms with Gasteiger partial charge in [0.2, 0.25) is 10.0 Å². The Morgan fingerprint density at radius 1 is 1.35 bits per heavy atom. The van der Waals surface area contributed by atoms with Gasteiger partial charge < -0.3 is 5.73 Å². The maximum absolute atomic E-state index is 12.2. The first-order valence-corrected chi connectivity index (χ1v) is 7.15. The van der Waals surface area contributed by atoms with Crippen LogP contribution in [0.1, 0.15) is 18.1 Å². The molecule has 0 aliphatic heterocycles. The number of nitrogens with one attached hydrogen (secondary N) is 1. The summed E-state index contributed by atoms with van der Waals surface area (Å²) in [7, 11) is -3.73. The Kier molecular flexibility index (Phi) is 6.55. The van der Waals surface area contributed by atoms with E-state index in [1.807, 2.05) is 0 Å². The number of hydrogen-bond donors (Lipinski definition) is 2. The van der Waals surface area contributed by atoms with Crippen molar-refractivity contribution in [3.63, 3.8) is 0 Å². The van der Waals surface area contributed by atoms with E-state index in [0.29, 0.717) is 11.1 Å². The fourth-order valence-electron chi connectivity index (χ4n) is 1.83. The van der Waals surface area contributed by atoms with Crippen molar-refractivity contribution in [2.75, 3.05) is 6.54 Å². The summed E-state index contributed by atoms with van der Waals surface area (Å²) in [5, 5.41) is 10.7. The number of non-ortho nitro benzene ring substituents is 1. The molecule has 20 heavy (non-hydrogen) atoms. The van der Waals surface area contributed by atoms with E-state index < -0.39 is 21.0 Å². The van der Waals surface area contributed by atoms with E-state index in [2.05, 4.69) is 4.72 Å².